The van der Waals surface area contributed by atoms with Gasteiger partial charge in [0.05, 0.1) is 19.8 Å². The molecule has 15 nitrogen and oxygen atoms in total. The molecule has 68 heavy (non-hydrogen) atoms. The van der Waals surface area contributed by atoms with Gasteiger partial charge in [-0.2, -0.15) is 0 Å². The fourth-order valence-corrected chi connectivity index (χ4v) is 7.73. The highest BCUT2D eigenvalue weighted by molar-refractivity contribution is 5.70. The van der Waals surface area contributed by atoms with E-state index >= 15 is 0 Å². The van der Waals surface area contributed by atoms with Gasteiger partial charge < -0.3 is 64.2 Å². The van der Waals surface area contributed by atoms with Crippen molar-refractivity contribution >= 4 is 11.9 Å². The summed E-state index contributed by atoms with van der Waals surface area (Å²) in [5.41, 5.74) is 0. The van der Waals surface area contributed by atoms with Crippen molar-refractivity contribution in [1.82, 2.24) is 0 Å². The maximum atomic E-state index is 13.0. The van der Waals surface area contributed by atoms with Crippen LogP contribution in [0.25, 0.3) is 0 Å². The first-order valence-electron chi connectivity index (χ1n) is 25.9. The van der Waals surface area contributed by atoms with Crippen LogP contribution < -0.4 is 0 Å². The number of carbonyl (C=O) groups excluding carboxylic acids is 2. The molecule has 0 saturated carbocycles. The number of carbonyl (C=O) groups is 2. The molecule has 2 fully saturated rings. The number of aliphatic hydroxyl groups is 7. The van der Waals surface area contributed by atoms with Crippen LogP contribution in [0.5, 0.6) is 0 Å². The number of rotatable bonds is 39. The number of hydrogen-bond acceptors (Lipinski definition) is 15. The van der Waals surface area contributed by atoms with Crippen molar-refractivity contribution in [3.8, 4) is 0 Å². The summed E-state index contributed by atoms with van der Waals surface area (Å²) in [7, 11) is 0. The van der Waals surface area contributed by atoms with Crippen LogP contribution >= 0.6 is 0 Å². The maximum Gasteiger partial charge on any atom is 0.306 e. The molecule has 0 amide bonds. The third-order valence-electron chi connectivity index (χ3n) is 12.0. The third-order valence-corrected chi connectivity index (χ3v) is 12.0. The molecular formula is C53H90O15. The molecule has 0 spiro atoms. The molecule has 0 aromatic rings. The van der Waals surface area contributed by atoms with Crippen molar-refractivity contribution in [3.05, 3.63) is 60.8 Å². The molecule has 392 valence electrons. The van der Waals surface area contributed by atoms with Crippen molar-refractivity contribution < 1.29 is 73.8 Å². The van der Waals surface area contributed by atoms with Gasteiger partial charge in [-0.05, 0) is 77.0 Å². The Morgan fingerprint density at radius 3 is 1.50 bits per heavy atom. The van der Waals surface area contributed by atoms with Gasteiger partial charge in [0.25, 0.3) is 0 Å². The summed E-state index contributed by atoms with van der Waals surface area (Å²) in [5.74, 6) is -0.979. The van der Waals surface area contributed by atoms with E-state index in [0.717, 1.165) is 70.6 Å². The quantitative estimate of drug-likeness (QED) is 0.0183. The van der Waals surface area contributed by atoms with E-state index in [0.29, 0.717) is 12.8 Å². The largest absolute Gasteiger partial charge is 0.462 e. The third kappa shape index (κ3) is 27.6. The molecule has 11 atom stereocenters. The van der Waals surface area contributed by atoms with Crippen molar-refractivity contribution in [2.45, 2.75) is 235 Å². The smallest absolute Gasteiger partial charge is 0.306 e. The van der Waals surface area contributed by atoms with Crippen LogP contribution in [0.3, 0.4) is 0 Å². The Bertz CT molecular complexity index is 1420. The first-order chi connectivity index (χ1) is 33.0. The second-order valence-electron chi connectivity index (χ2n) is 18.0. The first-order valence-corrected chi connectivity index (χ1v) is 25.9. The average molecular weight is 967 g/mol. The number of hydrogen-bond donors (Lipinski definition) is 7. The van der Waals surface area contributed by atoms with E-state index in [2.05, 4.69) is 74.6 Å². The van der Waals surface area contributed by atoms with E-state index in [4.69, 9.17) is 28.4 Å². The molecule has 2 aliphatic heterocycles. The van der Waals surface area contributed by atoms with Crippen LogP contribution in [0.15, 0.2) is 60.8 Å². The van der Waals surface area contributed by atoms with Crippen molar-refractivity contribution in [2.24, 2.45) is 0 Å². The second kappa shape index (κ2) is 39.9. The summed E-state index contributed by atoms with van der Waals surface area (Å²) in [6.07, 6.45) is 28.2. The van der Waals surface area contributed by atoms with Gasteiger partial charge in [-0.3, -0.25) is 9.59 Å². The molecule has 4 unspecified atom stereocenters. The number of unbranched alkanes of at least 4 members (excludes halogenated alkanes) is 15. The fourth-order valence-electron chi connectivity index (χ4n) is 7.73. The van der Waals surface area contributed by atoms with Crippen molar-refractivity contribution in [2.75, 3.05) is 26.4 Å². The lowest BCUT2D eigenvalue weighted by Gasteiger charge is -2.42. The lowest BCUT2D eigenvalue weighted by molar-refractivity contribution is -0.332. The van der Waals surface area contributed by atoms with E-state index in [-0.39, 0.29) is 19.4 Å². The Labute approximate surface area is 407 Å². The summed E-state index contributed by atoms with van der Waals surface area (Å²) < 4.78 is 33.5. The average Bonchev–Trinajstić information content (AvgIpc) is 3.33. The number of aliphatic hydroxyl groups excluding tert-OH is 7. The van der Waals surface area contributed by atoms with E-state index in [9.17, 15) is 45.3 Å². The van der Waals surface area contributed by atoms with Gasteiger partial charge in [0, 0.05) is 12.8 Å². The highest BCUT2D eigenvalue weighted by atomic mass is 16.7. The summed E-state index contributed by atoms with van der Waals surface area (Å²) >= 11 is 0. The number of allylic oxidation sites excluding steroid dienone is 10. The number of esters is 2. The molecule has 2 rings (SSSR count). The van der Waals surface area contributed by atoms with Crippen LogP contribution in [0.1, 0.15) is 168 Å². The molecule has 0 radical (unpaired) electrons. The zero-order valence-corrected chi connectivity index (χ0v) is 41.3. The maximum absolute atomic E-state index is 13.0. The van der Waals surface area contributed by atoms with Gasteiger partial charge in [-0.1, -0.05) is 139 Å². The van der Waals surface area contributed by atoms with Crippen molar-refractivity contribution in [3.63, 3.8) is 0 Å². The molecule has 2 heterocycles. The molecule has 2 aliphatic rings. The van der Waals surface area contributed by atoms with E-state index < -0.39 is 99.3 Å². The lowest BCUT2D eigenvalue weighted by atomic mass is 9.98. The molecule has 0 bridgehead atoms. The molecule has 0 aliphatic carbocycles. The minimum Gasteiger partial charge on any atom is -0.462 e. The predicted molar refractivity (Wildman–Crippen MR) is 261 cm³/mol. The highest BCUT2D eigenvalue weighted by Crippen LogP contribution is 2.26. The van der Waals surface area contributed by atoms with Gasteiger partial charge in [-0.25, -0.2) is 0 Å². The van der Waals surface area contributed by atoms with Gasteiger partial charge in [-0.15, -0.1) is 0 Å². The predicted octanol–water partition coefficient (Wildman–Crippen LogP) is 7.27. The summed E-state index contributed by atoms with van der Waals surface area (Å²) in [4.78, 5) is 25.8. The van der Waals surface area contributed by atoms with Crippen molar-refractivity contribution in [1.29, 1.82) is 0 Å². The van der Waals surface area contributed by atoms with Gasteiger partial charge in [0.2, 0.25) is 0 Å². The van der Waals surface area contributed by atoms with Crippen LogP contribution in [-0.2, 0) is 38.0 Å². The molecule has 0 aromatic carbocycles. The SMILES string of the molecule is CC/C=C/C/C=C/C/C=C/C/C=C/CCCCC(=O)OC[C@H](CO[C@H]1O[C@@H](CO[C@H]2O[C@@H](CO)[C@@H](O)C(O)C2O)[C@@H](O)C(O)C1O)OC(=O)CCCCCCCCCCC/C=C/CCCCCC. The number of ether oxygens (including phenoxy) is 6. The highest BCUT2D eigenvalue weighted by Gasteiger charge is 2.47. The lowest BCUT2D eigenvalue weighted by Crippen LogP contribution is -2.61. The Morgan fingerprint density at radius 2 is 0.926 bits per heavy atom. The Kier molecular flexibility index (Phi) is 36.0. The minimum absolute atomic E-state index is 0.151. The van der Waals surface area contributed by atoms with Gasteiger partial charge in [0.1, 0.15) is 55.4 Å². The Balaban J connectivity index is 1.83. The Morgan fingerprint density at radius 1 is 0.485 bits per heavy atom. The molecule has 0 aromatic heterocycles. The van der Waals surface area contributed by atoms with E-state index in [1.54, 1.807) is 0 Å². The van der Waals surface area contributed by atoms with Crippen LogP contribution in [0, 0.1) is 0 Å². The van der Waals surface area contributed by atoms with Crippen LogP contribution in [0.2, 0.25) is 0 Å². The normalized spacial score (nSPS) is 26.2. The van der Waals surface area contributed by atoms with E-state index in [1.807, 2.05) is 0 Å². The monoisotopic (exact) mass is 967 g/mol. The Hall–Kier alpha value is -2.80. The van der Waals surface area contributed by atoms with Gasteiger partial charge >= 0.3 is 11.9 Å². The van der Waals surface area contributed by atoms with E-state index in [1.165, 1.54) is 57.8 Å². The zero-order valence-electron chi connectivity index (χ0n) is 41.3. The second-order valence-corrected chi connectivity index (χ2v) is 18.0. The summed E-state index contributed by atoms with van der Waals surface area (Å²) in [6.45, 7) is 2.41. The zero-order chi connectivity index (χ0) is 49.6. The minimum atomic E-state index is -1.77. The van der Waals surface area contributed by atoms with Gasteiger partial charge in [0.15, 0.2) is 18.7 Å². The topological polar surface area (TPSA) is 231 Å². The summed E-state index contributed by atoms with van der Waals surface area (Å²) in [6, 6.07) is 0. The molecule has 15 heteroatoms. The molecule has 2 saturated heterocycles. The first kappa shape index (κ1) is 61.3. The molecule has 7 N–H and O–H groups in total. The summed E-state index contributed by atoms with van der Waals surface area (Å²) in [5, 5.41) is 72.1. The molecular weight excluding hydrogens is 877 g/mol. The van der Waals surface area contributed by atoms with Crippen LogP contribution in [0.4, 0.5) is 0 Å². The fraction of sp³-hybridized carbons (Fsp3) is 0.774. The standard InChI is InChI=1S/C53H90O15/c1-3-5-7-9-11-13-15-17-19-20-22-24-26-28-30-32-34-36-45(56)66-41(38-63-44(55)35-33-31-29-27-25-23-21-18-16-14-12-10-8-6-4-2)39-64-52-51(62)49(60)47(58)43(68-52)40-65-53-50(61)48(59)46(57)42(37-54)67-53/h6,8,12-15,18,21,25,27,41-43,46-54,57-62H,3-5,7,9-11,16-17,19-20,22-24,26,28-40H2,1-2H3/b8-6+,14-12+,15-13+,21-18+,27-25+/t41-,42+,43+,46-,47-,48?,49?,50?,51?,52+,53+/m1/s1. The van der Waals surface area contributed by atoms with Crippen LogP contribution in [-0.4, -0.2) is 142 Å².